The van der Waals surface area contributed by atoms with Gasteiger partial charge in [-0.1, -0.05) is 13.8 Å². The van der Waals surface area contributed by atoms with Crippen molar-refractivity contribution in [2.75, 3.05) is 25.5 Å². The number of esters is 1. The molecule has 0 aromatic heterocycles. The zero-order valence-corrected chi connectivity index (χ0v) is 14.6. The van der Waals surface area contributed by atoms with Crippen molar-refractivity contribution >= 4 is 19.4 Å². The maximum absolute atomic E-state index is 11.7. The van der Waals surface area contributed by atoms with Crippen LogP contribution in [0.5, 0.6) is 0 Å². The van der Waals surface area contributed by atoms with Gasteiger partial charge in [-0.15, -0.1) is 0 Å². The third kappa shape index (κ3) is 11.6. The summed E-state index contributed by atoms with van der Waals surface area (Å²) in [5.41, 5.74) is 0. The van der Waals surface area contributed by atoms with Gasteiger partial charge in [0, 0.05) is 24.8 Å². The van der Waals surface area contributed by atoms with E-state index in [1.165, 1.54) is 0 Å². The lowest BCUT2D eigenvalue weighted by atomic mass is 10.3. The number of hydrogen-bond donors (Lipinski definition) is 2. The summed E-state index contributed by atoms with van der Waals surface area (Å²) in [5.74, 6) is -0.311. The number of ether oxygens (including phenoxy) is 2. The molecule has 0 aromatic carbocycles. The molecule has 0 bridgehead atoms. The van der Waals surface area contributed by atoms with Crippen molar-refractivity contribution < 1.29 is 28.5 Å². The molecule has 2 N–H and O–H groups in total. The van der Waals surface area contributed by atoms with Gasteiger partial charge in [0.1, 0.15) is 13.2 Å². The average molecular weight is 337 g/mol. The summed E-state index contributed by atoms with van der Waals surface area (Å²) in [6.07, 6.45) is 1.99. The Bertz CT molecular complexity index is 388. The molecule has 0 rings (SSSR count). The number of carbonyl (C=O) groups is 2. The fourth-order valence-electron chi connectivity index (χ4n) is 1.74. The van der Waals surface area contributed by atoms with E-state index in [4.69, 9.17) is 9.47 Å². The Balaban J connectivity index is 3.78. The molecule has 0 radical (unpaired) electrons. The second kappa shape index (κ2) is 11.5. The number of nitrogens with one attached hydrogen (secondary N) is 1. The predicted molar refractivity (Wildman–Crippen MR) is 84.3 cm³/mol. The number of alkyl carbamates (subject to hydrolysis) is 1. The van der Waals surface area contributed by atoms with Crippen LogP contribution in [-0.2, 0) is 18.8 Å². The van der Waals surface area contributed by atoms with E-state index in [9.17, 15) is 19.0 Å². The minimum Gasteiger partial charge on any atom is -0.462 e. The zero-order valence-electron chi connectivity index (χ0n) is 13.7. The molecular weight excluding hydrogens is 309 g/mol. The van der Waals surface area contributed by atoms with Gasteiger partial charge in [-0.25, -0.2) is 4.79 Å². The molecule has 0 aliphatic carbocycles. The van der Waals surface area contributed by atoms with Crippen LogP contribution in [0.25, 0.3) is 0 Å². The Morgan fingerprint density at radius 2 is 1.77 bits per heavy atom. The molecule has 0 saturated carbocycles. The van der Waals surface area contributed by atoms with Crippen LogP contribution in [0.1, 0.15) is 46.5 Å². The Morgan fingerprint density at radius 1 is 1.14 bits per heavy atom. The molecule has 0 aliphatic rings. The van der Waals surface area contributed by atoms with Gasteiger partial charge in [-0.2, -0.15) is 0 Å². The maximum atomic E-state index is 11.7. The first-order valence-corrected chi connectivity index (χ1v) is 9.73. The summed E-state index contributed by atoms with van der Waals surface area (Å²) in [6.45, 7) is 5.49. The predicted octanol–water partition coefficient (Wildman–Crippen LogP) is 2.51. The lowest BCUT2D eigenvalue weighted by molar-refractivity contribution is -0.144. The minimum absolute atomic E-state index is 0.0116. The fraction of sp³-hybridized carbons (Fsp3) is 0.857. The van der Waals surface area contributed by atoms with Crippen LogP contribution in [0, 0.1) is 0 Å². The third-order valence-electron chi connectivity index (χ3n) is 2.88. The van der Waals surface area contributed by atoms with Crippen molar-refractivity contribution in [3.05, 3.63) is 0 Å². The van der Waals surface area contributed by atoms with Gasteiger partial charge in [0.2, 0.25) is 7.37 Å². The van der Waals surface area contributed by atoms with Gasteiger partial charge in [0.25, 0.3) is 0 Å². The summed E-state index contributed by atoms with van der Waals surface area (Å²) in [5, 5.41) is 2.57. The van der Waals surface area contributed by atoms with Gasteiger partial charge >= 0.3 is 12.1 Å². The molecule has 22 heavy (non-hydrogen) atoms. The van der Waals surface area contributed by atoms with E-state index in [2.05, 4.69) is 5.32 Å². The molecule has 0 fully saturated rings. The molecule has 2 atom stereocenters. The first-order valence-electron chi connectivity index (χ1n) is 7.70. The summed E-state index contributed by atoms with van der Waals surface area (Å²) >= 11 is 0. The van der Waals surface area contributed by atoms with Crippen molar-refractivity contribution in [3.63, 3.8) is 0 Å². The molecule has 2 unspecified atom stereocenters. The van der Waals surface area contributed by atoms with E-state index in [-0.39, 0.29) is 31.4 Å². The molecule has 0 spiro atoms. The molecule has 130 valence electrons. The number of rotatable bonds is 11. The summed E-state index contributed by atoms with van der Waals surface area (Å²) in [4.78, 5) is 32.2. The van der Waals surface area contributed by atoms with E-state index >= 15 is 0 Å². The van der Waals surface area contributed by atoms with E-state index < -0.39 is 13.5 Å². The van der Waals surface area contributed by atoms with Crippen LogP contribution in [0.15, 0.2) is 0 Å². The SMILES string of the molecule is CCCC(=O)OCCOC(=O)NC(C)CCP(=O)(O)CCC. The molecule has 0 aliphatic heterocycles. The Morgan fingerprint density at radius 3 is 2.36 bits per heavy atom. The topological polar surface area (TPSA) is 102 Å². The average Bonchev–Trinajstić information content (AvgIpc) is 2.42. The van der Waals surface area contributed by atoms with Crippen molar-refractivity contribution in [2.45, 2.75) is 52.5 Å². The lowest BCUT2D eigenvalue weighted by Crippen LogP contribution is -2.34. The Kier molecular flexibility index (Phi) is 10.9. The van der Waals surface area contributed by atoms with E-state index in [0.717, 1.165) is 0 Å². The lowest BCUT2D eigenvalue weighted by Gasteiger charge is -2.16. The van der Waals surface area contributed by atoms with E-state index in [1.54, 1.807) is 6.92 Å². The largest absolute Gasteiger partial charge is 0.462 e. The molecule has 7 nitrogen and oxygen atoms in total. The maximum Gasteiger partial charge on any atom is 0.407 e. The van der Waals surface area contributed by atoms with Crippen LogP contribution < -0.4 is 5.32 Å². The molecule has 0 heterocycles. The minimum atomic E-state index is -3.08. The molecular formula is C14H28NO6P. The highest BCUT2D eigenvalue weighted by Crippen LogP contribution is 2.41. The molecule has 0 saturated heterocycles. The summed E-state index contributed by atoms with van der Waals surface area (Å²) in [7, 11) is -3.08. The molecule has 1 amide bonds. The molecule has 8 heteroatoms. The summed E-state index contributed by atoms with van der Waals surface area (Å²) < 4.78 is 21.4. The number of hydrogen-bond acceptors (Lipinski definition) is 5. The second-order valence-electron chi connectivity index (χ2n) is 5.23. The monoisotopic (exact) mass is 337 g/mol. The van der Waals surface area contributed by atoms with Crippen molar-refractivity contribution in [1.29, 1.82) is 0 Å². The van der Waals surface area contributed by atoms with Crippen LogP contribution in [0.4, 0.5) is 4.79 Å². The highest BCUT2D eigenvalue weighted by molar-refractivity contribution is 7.57. The number of carbonyl (C=O) groups excluding carboxylic acids is 2. The standard InChI is InChI=1S/C14H28NO6P/c1-4-6-13(16)20-8-9-21-14(17)15-12(3)7-11-22(18,19)10-5-2/h12H,4-11H2,1-3H3,(H,15,17)(H,18,19). The highest BCUT2D eigenvalue weighted by atomic mass is 31.2. The summed E-state index contributed by atoms with van der Waals surface area (Å²) in [6, 6.07) is -0.257. The quantitative estimate of drug-likeness (QED) is 0.341. The van der Waals surface area contributed by atoms with Crippen LogP contribution in [-0.4, -0.2) is 48.5 Å². The van der Waals surface area contributed by atoms with Gasteiger partial charge < -0.3 is 19.7 Å². The molecule has 0 aromatic rings. The smallest absolute Gasteiger partial charge is 0.407 e. The van der Waals surface area contributed by atoms with E-state index in [1.807, 2.05) is 13.8 Å². The van der Waals surface area contributed by atoms with Gasteiger partial charge in [0.05, 0.1) is 0 Å². The first kappa shape index (κ1) is 20.9. The Hall–Kier alpha value is -1.07. The first-order chi connectivity index (χ1) is 10.3. The third-order valence-corrected chi connectivity index (χ3v) is 4.99. The van der Waals surface area contributed by atoms with Crippen LogP contribution >= 0.6 is 7.37 Å². The van der Waals surface area contributed by atoms with Crippen molar-refractivity contribution in [2.24, 2.45) is 0 Å². The van der Waals surface area contributed by atoms with Gasteiger partial charge in [0.15, 0.2) is 0 Å². The fourth-order valence-corrected chi connectivity index (χ4v) is 3.45. The van der Waals surface area contributed by atoms with Crippen molar-refractivity contribution in [1.82, 2.24) is 5.32 Å². The van der Waals surface area contributed by atoms with Crippen LogP contribution in [0.2, 0.25) is 0 Å². The highest BCUT2D eigenvalue weighted by Gasteiger charge is 2.18. The van der Waals surface area contributed by atoms with Crippen LogP contribution in [0.3, 0.4) is 0 Å². The van der Waals surface area contributed by atoms with E-state index in [0.29, 0.717) is 31.8 Å². The van der Waals surface area contributed by atoms with Crippen molar-refractivity contribution in [3.8, 4) is 0 Å². The van der Waals surface area contributed by atoms with Gasteiger partial charge in [-0.05, 0) is 26.2 Å². The second-order valence-corrected chi connectivity index (χ2v) is 7.82. The normalized spacial score (nSPS) is 14.7. The zero-order chi connectivity index (χ0) is 17.0. The number of amides is 1. The van der Waals surface area contributed by atoms with Gasteiger partial charge in [-0.3, -0.25) is 9.36 Å². The Labute approximate surface area is 132 Å².